The number of fused-ring (bicyclic) bond motifs is 2. The fourth-order valence-electron chi connectivity index (χ4n) is 3.58. The van der Waals surface area contributed by atoms with Crippen LogP contribution in [0.4, 0.5) is 5.69 Å². The van der Waals surface area contributed by atoms with Crippen molar-refractivity contribution in [1.29, 1.82) is 0 Å². The number of benzene rings is 2. The number of carbonyl (C=O) groups excluding carboxylic acids is 2. The zero-order valence-electron chi connectivity index (χ0n) is 16.1. The van der Waals surface area contributed by atoms with Gasteiger partial charge in [0.1, 0.15) is 0 Å². The molecule has 2 aromatic carbocycles. The van der Waals surface area contributed by atoms with E-state index in [9.17, 15) is 9.59 Å². The molecule has 0 aromatic heterocycles. The molecule has 146 valence electrons. The van der Waals surface area contributed by atoms with Gasteiger partial charge in [-0.3, -0.25) is 9.59 Å². The van der Waals surface area contributed by atoms with Crippen molar-refractivity contribution in [3.8, 4) is 11.5 Å². The summed E-state index contributed by atoms with van der Waals surface area (Å²) in [5.74, 6) is 1.30. The van der Waals surface area contributed by atoms with Crippen LogP contribution in [0.25, 0.3) is 0 Å². The average Bonchev–Trinajstić information content (AvgIpc) is 2.72. The van der Waals surface area contributed by atoms with Crippen molar-refractivity contribution in [2.24, 2.45) is 0 Å². The van der Waals surface area contributed by atoms with Crippen LogP contribution < -0.4 is 14.8 Å². The molecule has 7 heteroatoms. The van der Waals surface area contributed by atoms with Gasteiger partial charge in [-0.05, 0) is 54.8 Å². The fraction of sp³-hybridized carbons (Fsp3) is 0.333. The Hall–Kier alpha value is -2.67. The first kappa shape index (κ1) is 18.7. The number of thioether (sulfide) groups is 1. The summed E-state index contributed by atoms with van der Waals surface area (Å²) in [6.45, 7) is 3.02. The Bertz CT molecular complexity index is 960. The minimum atomic E-state index is -0.125. The molecule has 2 amide bonds. The van der Waals surface area contributed by atoms with Crippen molar-refractivity contribution in [2.45, 2.75) is 30.0 Å². The van der Waals surface area contributed by atoms with Crippen LogP contribution in [0.1, 0.15) is 28.4 Å². The molecule has 2 heterocycles. The van der Waals surface area contributed by atoms with Crippen molar-refractivity contribution < 1.29 is 19.1 Å². The summed E-state index contributed by atoms with van der Waals surface area (Å²) in [5, 5.41) is 2.76. The Balaban J connectivity index is 1.57. The molecule has 4 rings (SSSR count). The molecule has 0 bridgehead atoms. The van der Waals surface area contributed by atoms with Crippen LogP contribution in [-0.2, 0) is 17.8 Å². The Labute approximate surface area is 168 Å². The number of rotatable bonds is 3. The van der Waals surface area contributed by atoms with Crippen LogP contribution in [-0.4, -0.2) is 42.7 Å². The highest BCUT2D eigenvalue weighted by atomic mass is 32.2. The van der Waals surface area contributed by atoms with Crippen LogP contribution in [0.15, 0.2) is 35.2 Å². The molecule has 2 aliphatic heterocycles. The summed E-state index contributed by atoms with van der Waals surface area (Å²) >= 11 is 1.51. The number of anilines is 1. The molecule has 0 aliphatic carbocycles. The van der Waals surface area contributed by atoms with Crippen LogP contribution >= 0.6 is 11.8 Å². The number of carbonyl (C=O) groups is 2. The first-order valence-corrected chi connectivity index (χ1v) is 10.0. The lowest BCUT2D eigenvalue weighted by molar-refractivity contribution is -0.115. The maximum Gasteiger partial charge on any atom is 0.254 e. The summed E-state index contributed by atoms with van der Waals surface area (Å²) in [4.78, 5) is 27.8. The third kappa shape index (κ3) is 3.30. The van der Waals surface area contributed by atoms with E-state index < -0.39 is 0 Å². The minimum Gasteiger partial charge on any atom is -0.493 e. The second kappa shape index (κ2) is 7.39. The fourth-order valence-corrected chi connectivity index (χ4v) is 4.51. The number of amides is 2. The maximum absolute atomic E-state index is 13.1. The molecule has 1 atom stereocenters. The number of hydrogen-bond acceptors (Lipinski definition) is 5. The molecular formula is C21H22N2O4S. The van der Waals surface area contributed by atoms with Crippen molar-refractivity contribution in [3.63, 3.8) is 0 Å². The molecule has 0 saturated carbocycles. The first-order chi connectivity index (χ1) is 13.5. The van der Waals surface area contributed by atoms with Crippen molar-refractivity contribution in [3.05, 3.63) is 47.0 Å². The second-order valence-corrected chi connectivity index (χ2v) is 8.30. The lowest BCUT2D eigenvalue weighted by atomic mass is 9.98. The second-order valence-electron chi connectivity index (χ2n) is 6.91. The monoisotopic (exact) mass is 398 g/mol. The van der Waals surface area contributed by atoms with E-state index in [2.05, 4.69) is 5.32 Å². The van der Waals surface area contributed by atoms with Gasteiger partial charge in [0, 0.05) is 23.5 Å². The van der Waals surface area contributed by atoms with E-state index in [1.165, 1.54) is 17.3 Å². The van der Waals surface area contributed by atoms with E-state index in [-0.39, 0.29) is 17.1 Å². The van der Waals surface area contributed by atoms with Gasteiger partial charge in [-0.15, -0.1) is 11.8 Å². The SMILES string of the molecule is COc1cc2c(cc1OC)CN(C(=O)c1ccc3c(c1)NC(=O)[C@H](C)S3)CC2. The summed E-state index contributed by atoms with van der Waals surface area (Å²) in [6.07, 6.45) is 0.760. The topological polar surface area (TPSA) is 67.9 Å². The third-order valence-electron chi connectivity index (χ3n) is 5.16. The van der Waals surface area contributed by atoms with Crippen molar-refractivity contribution in [1.82, 2.24) is 4.90 Å². The lowest BCUT2D eigenvalue weighted by Crippen LogP contribution is -2.36. The van der Waals surface area contributed by atoms with Gasteiger partial charge in [-0.2, -0.15) is 0 Å². The summed E-state index contributed by atoms with van der Waals surface area (Å²) in [5.41, 5.74) is 3.53. The van der Waals surface area contributed by atoms with Gasteiger partial charge in [-0.1, -0.05) is 0 Å². The summed E-state index contributed by atoms with van der Waals surface area (Å²) < 4.78 is 10.8. The van der Waals surface area contributed by atoms with Gasteiger partial charge >= 0.3 is 0 Å². The molecular weight excluding hydrogens is 376 g/mol. The number of methoxy groups -OCH3 is 2. The van der Waals surface area contributed by atoms with E-state index in [0.717, 1.165) is 16.9 Å². The Morgan fingerprint density at radius 3 is 2.57 bits per heavy atom. The van der Waals surface area contributed by atoms with E-state index in [4.69, 9.17) is 9.47 Å². The molecule has 1 N–H and O–H groups in total. The number of hydrogen-bond donors (Lipinski definition) is 1. The molecule has 0 unspecified atom stereocenters. The predicted octanol–water partition coefficient (Wildman–Crippen LogP) is 3.34. The van der Waals surface area contributed by atoms with Gasteiger partial charge in [0.25, 0.3) is 5.91 Å². The van der Waals surface area contributed by atoms with Crippen molar-refractivity contribution >= 4 is 29.3 Å². The van der Waals surface area contributed by atoms with Crippen molar-refractivity contribution in [2.75, 3.05) is 26.1 Å². The lowest BCUT2D eigenvalue weighted by Gasteiger charge is -2.30. The maximum atomic E-state index is 13.1. The molecule has 2 aromatic rings. The minimum absolute atomic E-state index is 0.0324. The Morgan fingerprint density at radius 2 is 1.86 bits per heavy atom. The van der Waals surface area contributed by atoms with Gasteiger partial charge in [-0.25, -0.2) is 0 Å². The molecule has 0 radical (unpaired) electrons. The van der Waals surface area contributed by atoms with Gasteiger partial charge in [0.2, 0.25) is 5.91 Å². The predicted molar refractivity (Wildman–Crippen MR) is 108 cm³/mol. The Morgan fingerprint density at radius 1 is 1.14 bits per heavy atom. The zero-order chi connectivity index (χ0) is 19.8. The average molecular weight is 398 g/mol. The molecule has 28 heavy (non-hydrogen) atoms. The van der Waals surface area contributed by atoms with E-state index in [1.807, 2.05) is 36.1 Å². The standard InChI is InChI=1S/C21H22N2O4S/c1-12-20(24)22-16-8-14(4-5-19(16)28-12)21(25)23-7-6-13-9-17(26-2)18(27-3)10-15(13)11-23/h4-5,8-10,12H,6-7,11H2,1-3H3,(H,22,24)/t12-/m0/s1. The Kier molecular flexibility index (Phi) is 4.93. The molecule has 0 fully saturated rings. The van der Waals surface area contributed by atoms with E-state index in [0.29, 0.717) is 35.8 Å². The largest absolute Gasteiger partial charge is 0.493 e. The van der Waals surface area contributed by atoms with Crippen LogP contribution in [0.2, 0.25) is 0 Å². The van der Waals surface area contributed by atoms with E-state index in [1.54, 1.807) is 20.3 Å². The smallest absolute Gasteiger partial charge is 0.254 e. The molecule has 2 aliphatic rings. The van der Waals surface area contributed by atoms with Gasteiger partial charge in [0.05, 0.1) is 25.2 Å². The molecule has 0 spiro atoms. The summed E-state index contributed by atoms with van der Waals surface area (Å²) in [6, 6.07) is 9.46. The quantitative estimate of drug-likeness (QED) is 0.859. The highest BCUT2D eigenvalue weighted by Gasteiger charge is 2.27. The highest BCUT2D eigenvalue weighted by Crippen LogP contribution is 2.37. The zero-order valence-corrected chi connectivity index (χ0v) is 16.9. The molecule has 6 nitrogen and oxygen atoms in total. The molecule has 0 saturated heterocycles. The number of ether oxygens (including phenoxy) is 2. The van der Waals surface area contributed by atoms with Gasteiger partial charge < -0.3 is 19.7 Å². The third-order valence-corrected chi connectivity index (χ3v) is 6.34. The van der Waals surface area contributed by atoms with E-state index >= 15 is 0 Å². The first-order valence-electron chi connectivity index (χ1n) is 9.14. The number of nitrogens with one attached hydrogen (secondary N) is 1. The van der Waals surface area contributed by atoms with Crippen LogP contribution in [0, 0.1) is 0 Å². The normalized spacial score (nSPS) is 18.0. The highest BCUT2D eigenvalue weighted by molar-refractivity contribution is 8.00. The van der Waals surface area contributed by atoms with Crippen LogP contribution in [0.3, 0.4) is 0 Å². The van der Waals surface area contributed by atoms with Crippen LogP contribution in [0.5, 0.6) is 11.5 Å². The summed E-state index contributed by atoms with van der Waals surface area (Å²) in [7, 11) is 3.23. The number of nitrogens with zero attached hydrogens (tertiary/aromatic N) is 1. The van der Waals surface area contributed by atoms with Gasteiger partial charge in [0.15, 0.2) is 11.5 Å².